The minimum atomic E-state index is -1.02. The predicted octanol–water partition coefficient (Wildman–Crippen LogP) is 2.47. The van der Waals surface area contributed by atoms with Crippen molar-refractivity contribution in [1.82, 2.24) is 10.6 Å². The lowest BCUT2D eigenvalue weighted by Crippen LogP contribution is -2.61. The van der Waals surface area contributed by atoms with Gasteiger partial charge in [-0.1, -0.05) is 6.07 Å². The minimum absolute atomic E-state index is 0.150. The molecular formula is C17H19FN2O2S. The molecule has 0 bridgehead atoms. The first kappa shape index (κ1) is 16.1. The molecule has 0 saturated carbocycles. The highest BCUT2D eigenvalue weighted by molar-refractivity contribution is 7.10. The number of halogens is 1. The molecule has 2 aromatic rings. The van der Waals surface area contributed by atoms with Gasteiger partial charge in [0, 0.05) is 10.4 Å². The van der Waals surface area contributed by atoms with Crippen LogP contribution in [-0.4, -0.2) is 29.2 Å². The van der Waals surface area contributed by atoms with E-state index < -0.39 is 11.6 Å². The molecule has 4 nitrogen and oxygen atoms in total. The van der Waals surface area contributed by atoms with E-state index in [1.807, 2.05) is 17.5 Å². The molecule has 3 rings (SSSR count). The van der Waals surface area contributed by atoms with Gasteiger partial charge in [0.1, 0.15) is 5.82 Å². The van der Waals surface area contributed by atoms with Gasteiger partial charge in [-0.25, -0.2) is 4.39 Å². The fourth-order valence-corrected chi connectivity index (χ4v) is 3.75. The summed E-state index contributed by atoms with van der Waals surface area (Å²) < 4.78 is 13.0. The lowest BCUT2D eigenvalue weighted by Gasteiger charge is -2.43. The summed E-state index contributed by atoms with van der Waals surface area (Å²) in [5, 5.41) is 19.0. The Morgan fingerprint density at radius 1 is 1.39 bits per heavy atom. The molecule has 1 amide bonds. The number of hydrogen-bond acceptors (Lipinski definition) is 4. The lowest BCUT2D eigenvalue weighted by atomic mass is 9.83. The van der Waals surface area contributed by atoms with E-state index >= 15 is 0 Å². The highest BCUT2D eigenvalue weighted by atomic mass is 32.1. The van der Waals surface area contributed by atoms with Crippen LogP contribution in [0.5, 0.6) is 0 Å². The van der Waals surface area contributed by atoms with E-state index in [4.69, 9.17) is 0 Å². The summed E-state index contributed by atoms with van der Waals surface area (Å²) in [4.78, 5) is 13.5. The Morgan fingerprint density at radius 2 is 2.13 bits per heavy atom. The van der Waals surface area contributed by atoms with Crippen LogP contribution in [0.1, 0.15) is 34.6 Å². The molecule has 1 aromatic heterocycles. The van der Waals surface area contributed by atoms with Crippen LogP contribution >= 0.6 is 11.3 Å². The molecule has 3 atom stereocenters. The van der Waals surface area contributed by atoms with Crippen LogP contribution < -0.4 is 10.6 Å². The summed E-state index contributed by atoms with van der Waals surface area (Å²) in [7, 11) is 0. The Hall–Kier alpha value is -1.76. The Labute approximate surface area is 138 Å². The van der Waals surface area contributed by atoms with Crippen LogP contribution in [0.3, 0.4) is 0 Å². The van der Waals surface area contributed by atoms with Crippen molar-refractivity contribution in [3.8, 4) is 0 Å². The first-order chi connectivity index (χ1) is 11.0. The third-order valence-corrected chi connectivity index (χ3v) is 5.20. The van der Waals surface area contributed by atoms with Crippen molar-refractivity contribution in [3.63, 3.8) is 0 Å². The van der Waals surface area contributed by atoms with Crippen molar-refractivity contribution in [3.05, 3.63) is 58.0 Å². The Morgan fingerprint density at radius 3 is 2.78 bits per heavy atom. The van der Waals surface area contributed by atoms with Gasteiger partial charge in [-0.3, -0.25) is 4.79 Å². The molecule has 2 heterocycles. The SMILES string of the molecule is C[C@@]1(O)CCN[C@@H](c2cccs2)[C@@H]1NC(=O)c1ccc(F)cc1. The van der Waals surface area contributed by atoms with Crippen LogP contribution in [0.2, 0.25) is 0 Å². The minimum Gasteiger partial charge on any atom is -0.388 e. The van der Waals surface area contributed by atoms with Gasteiger partial charge in [0.05, 0.1) is 17.7 Å². The molecule has 1 aliphatic heterocycles. The molecule has 1 saturated heterocycles. The summed E-state index contributed by atoms with van der Waals surface area (Å²) in [6.45, 7) is 2.42. The second-order valence-electron chi connectivity index (χ2n) is 6.01. The number of amides is 1. The number of rotatable bonds is 3. The maximum Gasteiger partial charge on any atom is 0.251 e. The number of benzene rings is 1. The van der Waals surface area contributed by atoms with E-state index in [2.05, 4.69) is 10.6 Å². The fourth-order valence-electron chi connectivity index (χ4n) is 2.91. The first-order valence-corrected chi connectivity index (χ1v) is 8.41. The van der Waals surface area contributed by atoms with Crippen LogP contribution in [0.15, 0.2) is 41.8 Å². The zero-order valence-corrected chi connectivity index (χ0v) is 13.6. The number of carbonyl (C=O) groups excluding carboxylic acids is 1. The quantitative estimate of drug-likeness (QED) is 0.808. The smallest absolute Gasteiger partial charge is 0.251 e. The van der Waals surface area contributed by atoms with E-state index in [0.29, 0.717) is 18.5 Å². The number of aliphatic hydroxyl groups is 1. The summed E-state index contributed by atoms with van der Waals surface area (Å²) >= 11 is 1.58. The predicted molar refractivity (Wildman–Crippen MR) is 88.0 cm³/mol. The molecule has 1 aliphatic rings. The van der Waals surface area contributed by atoms with E-state index in [0.717, 1.165) is 4.88 Å². The Kier molecular flexibility index (Phi) is 4.48. The van der Waals surface area contributed by atoms with Crippen molar-refractivity contribution in [2.24, 2.45) is 0 Å². The van der Waals surface area contributed by atoms with Crippen LogP contribution in [0.25, 0.3) is 0 Å². The molecular weight excluding hydrogens is 315 g/mol. The molecule has 1 fully saturated rings. The molecule has 6 heteroatoms. The van der Waals surface area contributed by atoms with Crippen molar-refractivity contribution < 1.29 is 14.3 Å². The second kappa shape index (κ2) is 6.39. The van der Waals surface area contributed by atoms with E-state index in [9.17, 15) is 14.3 Å². The van der Waals surface area contributed by atoms with Gasteiger partial charge in [0.2, 0.25) is 0 Å². The molecule has 0 unspecified atom stereocenters. The maximum absolute atomic E-state index is 13.0. The van der Waals surface area contributed by atoms with Gasteiger partial charge in [-0.05, 0) is 55.6 Å². The highest BCUT2D eigenvalue weighted by Gasteiger charge is 2.42. The van der Waals surface area contributed by atoms with Crippen LogP contribution in [0, 0.1) is 5.82 Å². The van der Waals surface area contributed by atoms with Gasteiger partial charge < -0.3 is 15.7 Å². The largest absolute Gasteiger partial charge is 0.388 e. The summed E-state index contributed by atoms with van der Waals surface area (Å²) in [6.07, 6.45) is 0.545. The summed E-state index contributed by atoms with van der Waals surface area (Å²) in [5.41, 5.74) is -0.645. The number of hydrogen-bond donors (Lipinski definition) is 3. The van der Waals surface area contributed by atoms with Gasteiger partial charge in [0.25, 0.3) is 5.91 Å². The Balaban J connectivity index is 1.84. The number of carbonyl (C=O) groups is 1. The molecule has 122 valence electrons. The van der Waals surface area contributed by atoms with Gasteiger partial charge >= 0.3 is 0 Å². The van der Waals surface area contributed by atoms with Crippen LogP contribution in [0.4, 0.5) is 4.39 Å². The van der Waals surface area contributed by atoms with E-state index in [-0.39, 0.29) is 17.8 Å². The average molecular weight is 334 g/mol. The van der Waals surface area contributed by atoms with Gasteiger partial charge in [-0.15, -0.1) is 11.3 Å². The van der Waals surface area contributed by atoms with Crippen LogP contribution in [-0.2, 0) is 0 Å². The fraction of sp³-hybridized carbons (Fsp3) is 0.353. The average Bonchev–Trinajstić information content (AvgIpc) is 3.03. The molecule has 0 aliphatic carbocycles. The zero-order valence-electron chi connectivity index (χ0n) is 12.8. The summed E-state index contributed by atoms with van der Waals surface area (Å²) in [5.74, 6) is -0.704. The van der Waals surface area contributed by atoms with Gasteiger partial charge in [0.15, 0.2) is 0 Å². The second-order valence-corrected chi connectivity index (χ2v) is 6.99. The number of thiophene rings is 1. The molecule has 1 aromatic carbocycles. The first-order valence-electron chi connectivity index (χ1n) is 7.53. The van der Waals surface area contributed by atoms with Gasteiger partial charge in [-0.2, -0.15) is 0 Å². The molecule has 23 heavy (non-hydrogen) atoms. The zero-order chi connectivity index (χ0) is 16.4. The van der Waals surface area contributed by atoms with Crippen molar-refractivity contribution in [2.45, 2.75) is 31.0 Å². The van der Waals surface area contributed by atoms with E-state index in [1.54, 1.807) is 18.3 Å². The monoisotopic (exact) mass is 334 g/mol. The third kappa shape index (κ3) is 3.44. The number of nitrogens with one attached hydrogen (secondary N) is 2. The normalized spacial score (nSPS) is 27.6. The molecule has 3 N–H and O–H groups in total. The van der Waals surface area contributed by atoms with Crippen molar-refractivity contribution in [1.29, 1.82) is 0 Å². The maximum atomic E-state index is 13.0. The molecule has 0 radical (unpaired) electrons. The van der Waals surface area contributed by atoms with Crippen molar-refractivity contribution >= 4 is 17.2 Å². The van der Waals surface area contributed by atoms with E-state index in [1.165, 1.54) is 24.3 Å². The highest BCUT2D eigenvalue weighted by Crippen LogP contribution is 2.33. The number of piperidine rings is 1. The Bertz CT molecular complexity index is 670. The summed E-state index contributed by atoms with van der Waals surface area (Å²) in [6, 6.07) is 8.71. The topological polar surface area (TPSA) is 61.4 Å². The molecule has 0 spiro atoms. The van der Waals surface area contributed by atoms with Crippen molar-refractivity contribution in [2.75, 3.05) is 6.54 Å². The standard InChI is InChI=1S/C17H19FN2O2S/c1-17(22)8-9-19-14(13-3-2-10-23-13)15(17)20-16(21)11-4-6-12(18)7-5-11/h2-7,10,14-15,19,22H,8-9H2,1H3,(H,20,21)/t14-,15-,17+/m0/s1. The third-order valence-electron chi connectivity index (χ3n) is 4.24. The lowest BCUT2D eigenvalue weighted by molar-refractivity contribution is -0.0189.